The van der Waals surface area contributed by atoms with Gasteiger partial charge >= 0.3 is 33.3 Å². The van der Waals surface area contributed by atoms with Crippen molar-refractivity contribution >= 4 is 33.3 Å². The van der Waals surface area contributed by atoms with Gasteiger partial charge in [-0.25, -0.2) is 0 Å². The van der Waals surface area contributed by atoms with Gasteiger partial charge in [0.2, 0.25) is 0 Å². The summed E-state index contributed by atoms with van der Waals surface area (Å²) in [5, 5.41) is 34.0. The van der Waals surface area contributed by atoms with Gasteiger partial charge in [0, 0.05) is 26.1 Å². The third-order valence-electron chi connectivity index (χ3n) is 5.24. The number of aliphatic hydroxyl groups is 3. The van der Waals surface area contributed by atoms with Gasteiger partial charge in [0.1, 0.15) is 0 Å². The third kappa shape index (κ3) is 35.0. The fraction of sp³-hybridized carbons (Fsp3) is 0.958. The Balaban J connectivity index is -0.000000604. The average Bonchev–Trinajstić information content (AvgIpc) is 2.72. The van der Waals surface area contributed by atoms with Gasteiger partial charge in [-0.1, -0.05) is 96.8 Å². The summed E-state index contributed by atoms with van der Waals surface area (Å²) in [6.07, 6.45) is 20.2. The van der Waals surface area contributed by atoms with Crippen LogP contribution in [0, 0.1) is 0 Å². The zero-order valence-electron chi connectivity index (χ0n) is 20.4. The number of hydrogen-bond donors (Lipinski definition) is 4. The Morgan fingerprint density at radius 3 is 1.13 bits per heavy atom. The molecule has 0 aliphatic rings. The van der Waals surface area contributed by atoms with Gasteiger partial charge in [-0.15, -0.1) is 0 Å². The molecule has 0 aliphatic carbocycles. The van der Waals surface area contributed by atoms with E-state index >= 15 is 0 Å². The molecule has 0 heterocycles. The molecule has 0 unspecified atom stereocenters. The topological polar surface area (TPSA) is 101 Å². The predicted octanol–water partition coefficient (Wildman–Crippen LogP) is 3.68. The molecule has 0 atom stereocenters. The molecular weight excluding hydrogens is 589 g/mol. The second-order valence-electron chi connectivity index (χ2n) is 8.11. The fourth-order valence-corrected chi connectivity index (χ4v) is 3.41. The van der Waals surface area contributed by atoms with Crippen LogP contribution in [0.1, 0.15) is 110 Å². The standard InChI is InChI=1S/C18H36O2.C6H15NO3.Pb.2H/c1-2-3-4-5-6-7-8-9-10-11-12-13-14-15-16-17-18(19)20;8-4-1-7(2-5-9)3-6-10;;;/h2-17H2,1H3,(H,19,20);8-10H,1-6H2;;;. The molecule has 31 heavy (non-hydrogen) atoms. The second kappa shape index (κ2) is 32.4. The first-order chi connectivity index (χ1) is 14.6. The Bertz CT molecular complexity index is 321. The number of hydrogen-bond acceptors (Lipinski definition) is 5. The van der Waals surface area contributed by atoms with E-state index < -0.39 is 5.97 Å². The predicted molar refractivity (Wildman–Crippen MR) is 133 cm³/mol. The molecule has 0 aromatic rings. The SMILES string of the molecule is CCCCCCCCCCCCCCCCCC(=O)O.OCCN(CCO)CCO.[PbH2]. The van der Waals surface area contributed by atoms with Gasteiger partial charge in [0.05, 0.1) is 19.8 Å². The van der Waals surface area contributed by atoms with E-state index in [1.54, 1.807) is 4.90 Å². The maximum atomic E-state index is 10.3. The first kappa shape index (κ1) is 35.8. The van der Waals surface area contributed by atoms with Crippen molar-refractivity contribution in [2.75, 3.05) is 39.5 Å². The van der Waals surface area contributed by atoms with E-state index in [0.717, 1.165) is 12.8 Å². The summed E-state index contributed by atoms with van der Waals surface area (Å²) in [4.78, 5) is 12.1. The molecule has 2 radical (unpaired) electrons. The minimum absolute atomic E-state index is 0. The van der Waals surface area contributed by atoms with E-state index in [4.69, 9.17) is 20.4 Å². The number of carbonyl (C=O) groups is 1. The van der Waals surface area contributed by atoms with Gasteiger partial charge in [-0.05, 0) is 6.42 Å². The molecule has 188 valence electrons. The Kier molecular flexibility index (Phi) is 37.4. The van der Waals surface area contributed by atoms with E-state index in [-0.39, 0.29) is 47.1 Å². The number of carboxylic acids is 1. The quantitative estimate of drug-likeness (QED) is 0.106. The zero-order valence-corrected chi connectivity index (χ0v) is 25.9. The van der Waals surface area contributed by atoms with E-state index in [2.05, 4.69) is 6.92 Å². The minimum atomic E-state index is -0.653. The molecular formula is C24H53NO5Pb. The average molecular weight is 643 g/mol. The molecule has 0 rings (SSSR count). The molecule has 0 spiro atoms. The summed E-state index contributed by atoms with van der Waals surface area (Å²) in [6.45, 7) is 4.02. The summed E-state index contributed by atoms with van der Waals surface area (Å²) in [5.41, 5.74) is 0. The van der Waals surface area contributed by atoms with Crippen molar-refractivity contribution in [1.82, 2.24) is 4.90 Å². The molecule has 0 amide bonds. The van der Waals surface area contributed by atoms with E-state index in [0.29, 0.717) is 26.1 Å². The van der Waals surface area contributed by atoms with Crippen LogP contribution in [-0.2, 0) is 4.79 Å². The number of rotatable bonds is 22. The van der Waals surface area contributed by atoms with Crippen LogP contribution in [0.2, 0.25) is 0 Å². The molecule has 0 aliphatic heterocycles. The summed E-state index contributed by atoms with van der Waals surface area (Å²) in [6, 6.07) is 0. The summed E-state index contributed by atoms with van der Waals surface area (Å²) in [7, 11) is 0. The molecule has 0 saturated heterocycles. The number of carboxylic acid groups (broad SMARTS) is 1. The van der Waals surface area contributed by atoms with Gasteiger partial charge in [0.25, 0.3) is 0 Å². The van der Waals surface area contributed by atoms with Gasteiger partial charge in [-0.2, -0.15) is 0 Å². The van der Waals surface area contributed by atoms with E-state index in [1.165, 1.54) is 83.5 Å². The van der Waals surface area contributed by atoms with E-state index in [1.807, 2.05) is 0 Å². The van der Waals surface area contributed by atoms with E-state index in [9.17, 15) is 4.79 Å². The van der Waals surface area contributed by atoms with Crippen molar-refractivity contribution in [1.29, 1.82) is 0 Å². The molecule has 0 fully saturated rings. The number of aliphatic hydroxyl groups excluding tert-OH is 3. The van der Waals surface area contributed by atoms with Crippen molar-refractivity contribution in [3.8, 4) is 0 Å². The van der Waals surface area contributed by atoms with Crippen molar-refractivity contribution in [3.63, 3.8) is 0 Å². The number of aliphatic carboxylic acids is 1. The molecule has 0 saturated carbocycles. The van der Waals surface area contributed by atoms with Crippen LogP contribution in [0.5, 0.6) is 0 Å². The van der Waals surface area contributed by atoms with Crippen molar-refractivity contribution < 1.29 is 25.2 Å². The van der Waals surface area contributed by atoms with Gasteiger partial charge < -0.3 is 20.4 Å². The van der Waals surface area contributed by atoms with Crippen molar-refractivity contribution in [2.24, 2.45) is 0 Å². The Morgan fingerprint density at radius 1 is 0.581 bits per heavy atom. The molecule has 0 bridgehead atoms. The van der Waals surface area contributed by atoms with Gasteiger partial charge in [-0.3, -0.25) is 9.69 Å². The van der Waals surface area contributed by atoms with Crippen LogP contribution in [-0.4, -0.2) is 98.0 Å². The van der Waals surface area contributed by atoms with Crippen molar-refractivity contribution in [2.45, 2.75) is 110 Å². The molecule has 7 heteroatoms. The number of nitrogens with zero attached hydrogens (tertiary/aromatic N) is 1. The van der Waals surface area contributed by atoms with Crippen LogP contribution in [0.4, 0.5) is 0 Å². The maximum absolute atomic E-state index is 10.3. The third-order valence-corrected chi connectivity index (χ3v) is 5.24. The van der Waals surface area contributed by atoms with Crippen LogP contribution >= 0.6 is 0 Å². The van der Waals surface area contributed by atoms with Crippen molar-refractivity contribution in [3.05, 3.63) is 0 Å². The van der Waals surface area contributed by atoms with Crippen LogP contribution in [0.3, 0.4) is 0 Å². The Hall–Kier alpha value is 0.232. The zero-order chi connectivity index (χ0) is 22.7. The molecule has 4 N–H and O–H groups in total. The first-order valence-electron chi connectivity index (χ1n) is 12.4. The summed E-state index contributed by atoms with van der Waals surface area (Å²) in [5.74, 6) is -0.653. The first-order valence-corrected chi connectivity index (χ1v) is 12.4. The van der Waals surface area contributed by atoms with Crippen LogP contribution < -0.4 is 0 Å². The fourth-order valence-electron chi connectivity index (χ4n) is 3.41. The Morgan fingerprint density at radius 2 is 0.871 bits per heavy atom. The normalized spacial score (nSPS) is 10.5. The number of unbranched alkanes of at least 4 members (excludes halogenated alkanes) is 14. The summed E-state index contributed by atoms with van der Waals surface area (Å²) < 4.78 is 0. The molecule has 0 aromatic heterocycles. The molecule has 0 aromatic carbocycles. The molecule has 6 nitrogen and oxygen atoms in total. The van der Waals surface area contributed by atoms with Crippen LogP contribution in [0.15, 0.2) is 0 Å². The second-order valence-corrected chi connectivity index (χ2v) is 8.11. The van der Waals surface area contributed by atoms with Gasteiger partial charge in [0.15, 0.2) is 0 Å². The summed E-state index contributed by atoms with van der Waals surface area (Å²) >= 11 is 0. The van der Waals surface area contributed by atoms with Crippen LogP contribution in [0.25, 0.3) is 0 Å². The Labute approximate surface area is 212 Å². The monoisotopic (exact) mass is 643 g/mol.